The molecule has 0 bridgehead atoms. The molecule has 5 heteroatoms. The van der Waals surface area contributed by atoms with E-state index in [1.807, 2.05) is 6.92 Å². The Hall–Kier alpha value is 0.440. The van der Waals surface area contributed by atoms with Gasteiger partial charge in [-0.05, 0) is 19.8 Å². The Bertz CT molecular complexity index is 99.6. The van der Waals surface area contributed by atoms with E-state index in [4.69, 9.17) is 10.6 Å². The van der Waals surface area contributed by atoms with Crippen LogP contribution in [-0.4, -0.2) is 17.1 Å². The fraction of sp³-hybridized carbons (Fsp3) is 1.00. The smallest absolute Gasteiger partial charge is 0.189 e. The van der Waals surface area contributed by atoms with Crippen molar-refractivity contribution in [3.63, 3.8) is 0 Å². The van der Waals surface area contributed by atoms with Gasteiger partial charge >= 0.3 is 0 Å². The van der Waals surface area contributed by atoms with Crippen LogP contribution in [0.4, 0.5) is 0 Å². The summed E-state index contributed by atoms with van der Waals surface area (Å²) in [4.78, 5) is 8.37. The molecule has 2 atom stereocenters. The average Bonchev–Trinajstić information content (AvgIpc) is 1.63. The number of hydrogen-bond acceptors (Lipinski definition) is 2. The minimum atomic E-state index is -2.24. The van der Waals surface area contributed by atoms with E-state index in [9.17, 15) is 4.57 Å². The Balaban J connectivity index is 0. The van der Waals surface area contributed by atoms with E-state index in [1.54, 1.807) is 0 Å². The average molecular weight is 188 g/mol. The summed E-state index contributed by atoms with van der Waals surface area (Å²) in [5.74, 6) is 0. The Kier molecular flexibility index (Phi) is 9.86. The fourth-order valence-corrected chi connectivity index (χ4v) is 1.08. The van der Waals surface area contributed by atoms with Crippen molar-refractivity contribution in [1.82, 2.24) is 0 Å². The SMILES string of the molecule is C[C@@H](N)CCC[PH](=O)O.Cl. The molecule has 0 aromatic heterocycles. The molecule has 1 unspecified atom stereocenters. The third-order valence-electron chi connectivity index (χ3n) is 1.05. The zero-order valence-corrected chi connectivity index (χ0v) is 7.86. The maximum Gasteiger partial charge on any atom is 0.189 e. The topological polar surface area (TPSA) is 63.3 Å². The van der Waals surface area contributed by atoms with Crippen LogP contribution in [0.3, 0.4) is 0 Å². The summed E-state index contributed by atoms with van der Waals surface area (Å²) in [5.41, 5.74) is 5.41. The highest BCUT2D eigenvalue weighted by molar-refractivity contribution is 7.37. The van der Waals surface area contributed by atoms with Gasteiger partial charge in [0.15, 0.2) is 8.03 Å². The van der Waals surface area contributed by atoms with E-state index in [0.29, 0.717) is 6.16 Å². The molecule has 0 saturated carbocycles. The first kappa shape index (κ1) is 13.1. The largest absolute Gasteiger partial charge is 0.346 e. The highest BCUT2D eigenvalue weighted by Gasteiger charge is 1.95. The number of hydrogen-bond donors (Lipinski definition) is 2. The lowest BCUT2D eigenvalue weighted by Gasteiger charge is -2.00. The van der Waals surface area contributed by atoms with Crippen LogP contribution in [0.5, 0.6) is 0 Å². The van der Waals surface area contributed by atoms with Crippen molar-refractivity contribution in [3.8, 4) is 0 Å². The molecule has 0 rings (SSSR count). The summed E-state index contributed by atoms with van der Waals surface area (Å²) in [6.45, 7) is 1.90. The van der Waals surface area contributed by atoms with Gasteiger partial charge in [0.2, 0.25) is 0 Å². The van der Waals surface area contributed by atoms with Gasteiger partial charge < -0.3 is 10.6 Å². The summed E-state index contributed by atoms with van der Waals surface area (Å²) in [6, 6.07) is 0.159. The summed E-state index contributed by atoms with van der Waals surface area (Å²) < 4.78 is 10.1. The molecule has 0 aromatic rings. The zero-order chi connectivity index (χ0) is 7.28. The third-order valence-corrected chi connectivity index (χ3v) is 1.83. The fourth-order valence-electron chi connectivity index (χ4n) is 0.575. The molecule has 0 aliphatic carbocycles. The highest BCUT2D eigenvalue weighted by atomic mass is 35.5. The van der Waals surface area contributed by atoms with Gasteiger partial charge in [-0.2, -0.15) is 0 Å². The molecule has 0 fully saturated rings. The second-order valence-corrected chi connectivity index (χ2v) is 3.55. The van der Waals surface area contributed by atoms with Gasteiger partial charge in [-0.3, -0.25) is 4.57 Å². The molecule has 0 spiro atoms. The van der Waals surface area contributed by atoms with Gasteiger partial charge in [0.05, 0.1) is 0 Å². The molecule has 0 aliphatic heterocycles. The van der Waals surface area contributed by atoms with Gasteiger partial charge in [-0.1, -0.05) is 0 Å². The molecular weight excluding hydrogens is 172 g/mol. The minimum absolute atomic E-state index is 0. The number of rotatable bonds is 4. The predicted molar refractivity (Wildman–Crippen MR) is 46.2 cm³/mol. The highest BCUT2D eigenvalue weighted by Crippen LogP contribution is 2.14. The van der Waals surface area contributed by atoms with Crippen LogP contribution in [0.2, 0.25) is 0 Å². The zero-order valence-electron chi connectivity index (χ0n) is 6.04. The molecular formula is C5H15ClNO2P. The van der Waals surface area contributed by atoms with Crippen LogP contribution in [0.25, 0.3) is 0 Å². The monoisotopic (exact) mass is 187 g/mol. The molecule has 0 aromatic carbocycles. The van der Waals surface area contributed by atoms with E-state index < -0.39 is 8.03 Å². The van der Waals surface area contributed by atoms with Crippen LogP contribution in [-0.2, 0) is 4.57 Å². The van der Waals surface area contributed by atoms with Gasteiger partial charge in [-0.25, -0.2) is 0 Å². The maximum atomic E-state index is 10.1. The Morgan fingerprint density at radius 3 is 2.50 bits per heavy atom. The Labute approximate surface area is 68.3 Å². The van der Waals surface area contributed by atoms with Gasteiger partial charge in [0.25, 0.3) is 0 Å². The number of halogens is 1. The van der Waals surface area contributed by atoms with Crippen molar-refractivity contribution in [1.29, 1.82) is 0 Å². The van der Waals surface area contributed by atoms with Crippen molar-refractivity contribution < 1.29 is 9.46 Å². The van der Waals surface area contributed by atoms with Gasteiger partial charge in [0, 0.05) is 12.2 Å². The summed E-state index contributed by atoms with van der Waals surface area (Å²) in [7, 11) is -2.24. The first-order valence-electron chi connectivity index (χ1n) is 3.10. The Morgan fingerprint density at radius 1 is 1.70 bits per heavy atom. The molecule has 0 heterocycles. The standard InChI is InChI=1S/C5H14NO2P.ClH/c1-5(6)3-2-4-9(7)8;/h5,9H,2-4,6H2,1H3,(H,7,8);1H/t5-;/m1./s1. The quantitative estimate of drug-likeness (QED) is 0.646. The van der Waals surface area contributed by atoms with Crippen LogP contribution in [0.1, 0.15) is 19.8 Å². The first-order chi connectivity index (χ1) is 4.13. The molecule has 3 N–H and O–H groups in total. The summed E-state index contributed by atoms with van der Waals surface area (Å²) in [6.07, 6.45) is 2.04. The molecule has 0 aliphatic rings. The van der Waals surface area contributed by atoms with E-state index in [1.165, 1.54) is 0 Å². The van der Waals surface area contributed by atoms with Crippen LogP contribution >= 0.6 is 20.4 Å². The predicted octanol–water partition coefficient (Wildman–Crippen LogP) is 1.00. The third kappa shape index (κ3) is 11.3. The first-order valence-corrected chi connectivity index (χ1v) is 4.66. The van der Waals surface area contributed by atoms with E-state index in [2.05, 4.69) is 0 Å². The molecule has 0 radical (unpaired) electrons. The number of nitrogens with two attached hydrogens (primary N) is 1. The van der Waals surface area contributed by atoms with Gasteiger partial charge in [0.1, 0.15) is 0 Å². The van der Waals surface area contributed by atoms with Crippen molar-refractivity contribution in [3.05, 3.63) is 0 Å². The van der Waals surface area contributed by atoms with Crippen LogP contribution in [0.15, 0.2) is 0 Å². The van der Waals surface area contributed by atoms with E-state index in [0.717, 1.165) is 12.8 Å². The molecule has 0 amide bonds. The van der Waals surface area contributed by atoms with E-state index in [-0.39, 0.29) is 18.4 Å². The van der Waals surface area contributed by atoms with Crippen molar-refractivity contribution in [2.45, 2.75) is 25.8 Å². The molecule has 0 saturated heterocycles. The van der Waals surface area contributed by atoms with Crippen LogP contribution in [0, 0.1) is 0 Å². The van der Waals surface area contributed by atoms with E-state index >= 15 is 0 Å². The van der Waals surface area contributed by atoms with Crippen LogP contribution < -0.4 is 5.73 Å². The van der Waals surface area contributed by atoms with Crippen molar-refractivity contribution >= 4 is 20.4 Å². The second-order valence-electron chi connectivity index (χ2n) is 2.26. The second kappa shape index (κ2) is 7.55. The lowest BCUT2D eigenvalue weighted by molar-refractivity contribution is 0.498. The minimum Gasteiger partial charge on any atom is -0.346 e. The molecule has 10 heavy (non-hydrogen) atoms. The van der Waals surface area contributed by atoms with Gasteiger partial charge in [-0.15, -0.1) is 12.4 Å². The molecule has 64 valence electrons. The normalized spacial score (nSPS) is 15.5. The maximum absolute atomic E-state index is 10.1. The van der Waals surface area contributed by atoms with Crippen molar-refractivity contribution in [2.24, 2.45) is 5.73 Å². The Morgan fingerprint density at radius 2 is 2.20 bits per heavy atom. The summed E-state index contributed by atoms with van der Waals surface area (Å²) in [5, 5.41) is 0. The lowest BCUT2D eigenvalue weighted by atomic mass is 10.2. The lowest BCUT2D eigenvalue weighted by Crippen LogP contribution is -2.14. The van der Waals surface area contributed by atoms with Crippen molar-refractivity contribution in [2.75, 3.05) is 6.16 Å². The molecule has 3 nitrogen and oxygen atoms in total. The summed E-state index contributed by atoms with van der Waals surface area (Å²) >= 11 is 0.